The fraction of sp³-hybridized carbons (Fsp3) is 0.500. The molecular weight excluding hydrogens is 394 g/mol. The third-order valence-corrected chi connectivity index (χ3v) is 4.94. The number of amidine groups is 1. The Hall–Kier alpha value is -2.45. The number of hydrogen-bond donors (Lipinski definition) is 3. The lowest BCUT2D eigenvalue weighted by atomic mass is 10.0. The molecule has 1 saturated heterocycles. The molecule has 5 N–H and O–H groups in total. The van der Waals surface area contributed by atoms with Gasteiger partial charge >= 0.3 is 0 Å². The molecule has 1 aliphatic heterocycles. The number of nitrogens with zero attached hydrogens (tertiary/aromatic N) is 2. The predicted molar refractivity (Wildman–Crippen MR) is 114 cm³/mol. The van der Waals surface area contributed by atoms with E-state index in [9.17, 15) is 14.4 Å². The van der Waals surface area contributed by atoms with Crippen LogP contribution in [-0.4, -0.2) is 59.0 Å². The van der Waals surface area contributed by atoms with Gasteiger partial charge in [-0.1, -0.05) is 26.0 Å². The van der Waals surface area contributed by atoms with Gasteiger partial charge in [0.25, 0.3) is 11.8 Å². The number of imide groups is 1. The molecule has 1 aromatic rings. The number of likely N-dealkylation sites (tertiary alicyclic amines) is 1. The van der Waals surface area contributed by atoms with Crippen LogP contribution in [0.3, 0.4) is 0 Å². The quantitative estimate of drug-likeness (QED) is 0.360. The van der Waals surface area contributed by atoms with Crippen molar-refractivity contribution in [3.05, 3.63) is 35.4 Å². The van der Waals surface area contributed by atoms with E-state index >= 15 is 0 Å². The lowest BCUT2D eigenvalue weighted by Crippen LogP contribution is -2.52. The zero-order valence-corrected chi connectivity index (χ0v) is 17.9. The Kier molecular flexibility index (Phi) is 8.79. The number of carbonyl (C=O) groups is 3. The number of amides is 3. The fourth-order valence-corrected chi connectivity index (χ4v) is 3.42. The summed E-state index contributed by atoms with van der Waals surface area (Å²) in [5.41, 5.74) is 12.2. The summed E-state index contributed by atoms with van der Waals surface area (Å²) in [6.07, 6.45) is 1.76. The van der Waals surface area contributed by atoms with E-state index in [1.165, 1.54) is 24.1 Å². The highest BCUT2D eigenvalue weighted by molar-refractivity contribution is 6.07. The second kappa shape index (κ2) is 10.4. The van der Waals surface area contributed by atoms with E-state index in [0.717, 1.165) is 4.90 Å². The Morgan fingerprint density at radius 1 is 1.21 bits per heavy atom. The molecule has 0 aromatic heterocycles. The van der Waals surface area contributed by atoms with Crippen molar-refractivity contribution in [3.63, 3.8) is 0 Å². The van der Waals surface area contributed by atoms with Crippen molar-refractivity contribution in [1.29, 1.82) is 5.41 Å². The largest absolute Gasteiger partial charge is 0.384 e. The molecule has 1 aliphatic rings. The minimum atomic E-state index is -0.670. The topological polar surface area (TPSA) is 134 Å². The molecule has 0 unspecified atom stereocenters. The molecule has 0 bridgehead atoms. The van der Waals surface area contributed by atoms with E-state index in [2.05, 4.69) is 0 Å². The summed E-state index contributed by atoms with van der Waals surface area (Å²) in [5, 5.41) is 7.40. The van der Waals surface area contributed by atoms with Crippen LogP contribution in [0.4, 0.5) is 0 Å². The van der Waals surface area contributed by atoms with Crippen molar-refractivity contribution in [3.8, 4) is 0 Å². The lowest BCUT2D eigenvalue weighted by Gasteiger charge is -2.29. The molecule has 3 amide bonds. The molecule has 2 rings (SSSR count). The summed E-state index contributed by atoms with van der Waals surface area (Å²) < 4.78 is 0. The molecule has 0 spiro atoms. The van der Waals surface area contributed by atoms with Crippen LogP contribution in [0.2, 0.25) is 0 Å². The smallest absolute Gasteiger partial charge is 0.260 e. The van der Waals surface area contributed by atoms with Crippen LogP contribution < -0.4 is 11.5 Å². The molecule has 1 aromatic carbocycles. The van der Waals surface area contributed by atoms with Crippen molar-refractivity contribution in [2.75, 3.05) is 13.6 Å². The first kappa shape index (κ1) is 24.6. The summed E-state index contributed by atoms with van der Waals surface area (Å²) in [6, 6.07) is 4.86. The van der Waals surface area contributed by atoms with E-state index < -0.39 is 23.9 Å². The van der Waals surface area contributed by atoms with Gasteiger partial charge in [0.1, 0.15) is 11.9 Å². The highest BCUT2D eigenvalue weighted by Crippen LogP contribution is 2.22. The SMILES string of the molecule is CC(C)C[C@@H](N)C(=O)N1CCC[C@H]1C(=O)N(C)C(=O)c1ccc(C(=N)N)cc1.Cl. The molecule has 9 heteroatoms. The maximum absolute atomic E-state index is 12.9. The number of nitrogens with two attached hydrogens (primary N) is 2. The van der Waals surface area contributed by atoms with Crippen LogP contribution >= 0.6 is 12.4 Å². The maximum atomic E-state index is 12.9. The normalized spacial score (nSPS) is 16.9. The molecule has 1 heterocycles. The first-order chi connectivity index (χ1) is 13.1. The van der Waals surface area contributed by atoms with Crippen molar-refractivity contribution < 1.29 is 14.4 Å². The number of carbonyl (C=O) groups excluding carboxylic acids is 3. The van der Waals surface area contributed by atoms with Crippen molar-refractivity contribution in [2.24, 2.45) is 17.4 Å². The van der Waals surface area contributed by atoms with Crippen molar-refractivity contribution in [1.82, 2.24) is 9.80 Å². The van der Waals surface area contributed by atoms with Gasteiger partial charge in [0.2, 0.25) is 5.91 Å². The summed E-state index contributed by atoms with van der Waals surface area (Å²) in [5.74, 6) is -0.940. The van der Waals surface area contributed by atoms with E-state index in [0.29, 0.717) is 36.9 Å². The third kappa shape index (κ3) is 5.77. The number of nitrogen functional groups attached to an aromatic ring is 1. The Morgan fingerprint density at radius 3 is 2.28 bits per heavy atom. The summed E-state index contributed by atoms with van der Waals surface area (Å²) in [6.45, 7) is 4.45. The molecule has 8 nitrogen and oxygen atoms in total. The Labute approximate surface area is 177 Å². The molecule has 29 heavy (non-hydrogen) atoms. The van der Waals surface area contributed by atoms with Gasteiger partial charge in [0.15, 0.2) is 0 Å². The minimum absolute atomic E-state index is 0. The molecular formula is C20H30ClN5O3. The standard InChI is InChI=1S/C20H29N5O3.ClH/c1-12(2)11-15(21)19(27)25-10-4-5-16(25)20(28)24(3)18(26)14-8-6-13(7-9-14)17(22)23;/h6-9,12,15-16H,4-5,10-11,21H2,1-3H3,(H3,22,23);1H/t15-,16+;/m1./s1. The van der Waals surface area contributed by atoms with Gasteiger partial charge in [-0.3, -0.25) is 24.7 Å². The van der Waals surface area contributed by atoms with Gasteiger partial charge in [-0.15, -0.1) is 12.4 Å². The number of likely N-dealkylation sites (N-methyl/N-ethyl adjacent to an activating group) is 1. The Bertz CT molecular complexity index is 766. The second-order valence-corrected chi connectivity index (χ2v) is 7.62. The fourth-order valence-electron chi connectivity index (χ4n) is 3.42. The van der Waals surface area contributed by atoms with Crippen LogP contribution in [0.5, 0.6) is 0 Å². The number of rotatable bonds is 6. The van der Waals surface area contributed by atoms with Gasteiger partial charge in [-0.2, -0.15) is 0 Å². The Morgan fingerprint density at radius 2 is 1.76 bits per heavy atom. The molecule has 0 radical (unpaired) electrons. The van der Waals surface area contributed by atoms with Crippen LogP contribution in [0.1, 0.15) is 49.0 Å². The summed E-state index contributed by atoms with van der Waals surface area (Å²) >= 11 is 0. The monoisotopic (exact) mass is 423 g/mol. The molecule has 2 atom stereocenters. The Balaban J connectivity index is 0.00000420. The van der Waals surface area contributed by atoms with Gasteiger partial charge in [0.05, 0.1) is 6.04 Å². The zero-order valence-electron chi connectivity index (χ0n) is 17.1. The number of halogens is 1. The van der Waals surface area contributed by atoms with Gasteiger partial charge < -0.3 is 16.4 Å². The average molecular weight is 424 g/mol. The minimum Gasteiger partial charge on any atom is -0.384 e. The van der Waals surface area contributed by atoms with Crippen LogP contribution in [-0.2, 0) is 9.59 Å². The predicted octanol–water partition coefficient (Wildman–Crippen LogP) is 1.36. The number of nitrogens with one attached hydrogen (secondary N) is 1. The zero-order chi connectivity index (χ0) is 21.0. The third-order valence-electron chi connectivity index (χ3n) is 4.94. The number of benzene rings is 1. The number of hydrogen-bond acceptors (Lipinski definition) is 5. The van der Waals surface area contributed by atoms with Crippen LogP contribution in [0.15, 0.2) is 24.3 Å². The van der Waals surface area contributed by atoms with E-state index in [1.54, 1.807) is 12.1 Å². The molecule has 160 valence electrons. The van der Waals surface area contributed by atoms with Gasteiger partial charge in [-0.05, 0) is 37.3 Å². The van der Waals surface area contributed by atoms with E-state index in [-0.39, 0.29) is 30.1 Å². The first-order valence-corrected chi connectivity index (χ1v) is 9.46. The lowest BCUT2D eigenvalue weighted by molar-refractivity contribution is -0.142. The summed E-state index contributed by atoms with van der Waals surface area (Å²) in [7, 11) is 1.42. The molecule has 0 aliphatic carbocycles. The molecule has 1 fully saturated rings. The van der Waals surface area contributed by atoms with Crippen molar-refractivity contribution >= 4 is 36.0 Å². The maximum Gasteiger partial charge on any atom is 0.260 e. The second-order valence-electron chi connectivity index (χ2n) is 7.62. The van der Waals surface area contributed by atoms with Crippen molar-refractivity contribution in [2.45, 2.75) is 45.2 Å². The van der Waals surface area contributed by atoms with Crippen LogP contribution in [0, 0.1) is 11.3 Å². The summed E-state index contributed by atoms with van der Waals surface area (Å²) in [4.78, 5) is 40.8. The van der Waals surface area contributed by atoms with Gasteiger partial charge in [0, 0.05) is 24.7 Å². The molecule has 0 saturated carbocycles. The highest BCUT2D eigenvalue weighted by Gasteiger charge is 2.38. The van der Waals surface area contributed by atoms with E-state index in [1.807, 2.05) is 13.8 Å². The average Bonchev–Trinajstić information content (AvgIpc) is 3.14. The van der Waals surface area contributed by atoms with E-state index in [4.69, 9.17) is 16.9 Å². The highest BCUT2D eigenvalue weighted by atomic mass is 35.5. The van der Waals surface area contributed by atoms with Gasteiger partial charge in [-0.25, -0.2) is 0 Å². The van der Waals surface area contributed by atoms with Crippen LogP contribution in [0.25, 0.3) is 0 Å². The first-order valence-electron chi connectivity index (χ1n) is 9.46.